The van der Waals surface area contributed by atoms with Crippen LogP contribution in [0.25, 0.3) is 0 Å². The standard InChI is InChI=1S/C15H30N2O2S/c1-4-9-16-14(15(2)7-8-15)11-13-6-5-10-17(12-13)20(3,18)19/h13-14,16H,4-12H2,1-3H3. The van der Waals surface area contributed by atoms with Crippen LogP contribution in [0.1, 0.15) is 52.4 Å². The quantitative estimate of drug-likeness (QED) is 0.784. The van der Waals surface area contributed by atoms with Gasteiger partial charge < -0.3 is 5.32 Å². The average molecular weight is 302 g/mol. The Morgan fingerprint density at radius 3 is 2.65 bits per heavy atom. The molecule has 2 rings (SSSR count). The molecule has 0 aromatic rings. The SMILES string of the molecule is CCCNC(CC1CCCN(S(C)(=O)=O)C1)C1(C)CC1. The van der Waals surface area contributed by atoms with Gasteiger partial charge in [0.05, 0.1) is 6.26 Å². The number of sulfonamides is 1. The van der Waals surface area contributed by atoms with Crippen LogP contribution in [0.15, 0.2) is 0 Å². The zero-order chi connectivity index (χ0) is 14.8. The van der Waals surface area contributed by atoms with Crippen molar-refractivity contribution >= 4 is 10.0 Å². The zero-order valence-corrected chi connectivity index (χ0v) is 14.0. The number of nitrogens with one attached hydrogen (secondary N) is 1. The third kappa shape index (κ3) is 4.18. The van der Waals surface area contributed by atoms with Gasteiger partial charge in [0.1, 0.15) is 0 Å². The number of nitrogens with zero attached hydrogens (tertiary/aromatic N) is 1. The molecule has 2 unspecified atom stereocenters. The molecule has 0 amide bonds. The van der Waals surface area contributed by atoms with E-state index in [0.717, 1.165) is 32.4 Å². The highest BCUT2D eigenvalue weighted by atomic mass is 32.2. The summed E-state index contributed by atoms with van der Waals surface area (Å²) in [6.45, 7) is 7.07. The monoisotopic (exact) mass is 302 g/mol. The van der Waals surface area contributed by atoms with Crippen molar-refractivity contribution in [3.05, 3.63) is 0 Å². The van der Waals surface area contributed by atoms with E-state index in [1.165, 1.54) is 25.5 Å². The van der Waals surface area contributed by atoms with E-state index in [-0.39, 0.29) is 0 Å². The van der Waals surface area contributed by atoms with Crippen molar-refractivity contribution < 1.29 is 8.42 Å². The Labute approximate surface area is 124 Å². The highest BCUT2D eigenvalue weighted by molar-refractivity contribution is 7.88. The normalized spacial score (nSPS) is 28.2. The molecule has 1 saturated heterocycles. The second-order valence-electron chi connectivity index (χ2n) is 7.03. The molecule has 1 saturated carbocycles. The number of rotatable bonds is 7. The molecule has 0 spiro atoms. The van der Waals surface area contributed by atoms with Gasteiger partial charge in [-0.25, -0.2) is 12.7 Å². The van der Waals surface area contributed by atoms with E-state index in [4.69, 9.17) is 0 Å². The van der Waals surface area contributed by atoms with Crippen LogP contribution < -0.4 is 5.32 Å². The smallest absolute Gasteiger partial charge is 0.211 e. The van der Waals surface area contributed by atoms with E-state index >= 15 is 0 Å². The van der Waals surface area contributed by atoms with E-state index in [0.29, 0.717) is 23.9 Å². The van der Waals surface area contributed by atoms with E-state index in [1.54, 1.807) is 4.31 Å². The van der Waals surface area contributed by atoms with Gasteiger partial charge in [0, 0.05) is 19.1 Å². The molecule has 0 aromatic heterocycles. The fraction of sp³-hybridized carbons (Fsp3) is 1.00. The second kappa shape index (κ2) is 6.32. The Morgan fingerprint density at radius 2 is 2.10 bits per heavy atom. The molecule has 1 aliphatic carbocycles. The number of piperidine rings is 1. The lowest BCUT2D eigenvalue weighted by atomic mass is 9.85. The van der Waals surface area contributed by atoms with E-state index in [9.17, 15) is 8.42 Å². The van der Waals surface area contributed by atoms with Crippen LogP contribution in [-0.2, 0) is 10.0 Å². The summed E-state index contributed by atoms with van der Waals surface area (Å²) in [6.07, 6.45) is 8.44. The summed E-state index contributed by atoms with van der Waals surface area (Å²) in [4.78, 5) is 0. The van der Waals surface area contributed by atoms with Crippen LogP contribution in [0.4, 0.5) is 0 Å². The van der Waals surface area contributed by atoms with Crippen LogP contribution in [0.3, 0.4) is 0 Å². The molecule has 1 aliphatic heterocycles. The molecule has 1 heterocycles. The molecule has 20 heavy (non-hydrogen) atoms. The molecule has 5 heteroatoms. The maximum Gasteiger partial charge on any atom is 0.211 e. The van der Waals surface area contributed by atoms with Crippen molar-refractivity contribution in [2.75, 3.05) is 25.9 Å². The Hall–Kier alpha value is -0.130. The molecule has 2 fully saturated rings. The summed E-state index contributed by atoms with van der Waals surface area (Å²) in [5.74, 6) is 0.519. The minimum Gasteiger partial charge on any atom is -0.313 e. The van der Waals surface area contributed by atoms with Gasteiger partial charge >= 0.3 is 0 Å². The largest absolute Gasteiger partial charge is 0.313 e. The minimum absolute atomic E-state index is 0.461. The summed E-state index contributed by atoms with van der Waals surface area (Å²) < 4.78 is 25.1. The Balaban J connectivity index is 1.92. The number of hydrogen-bond donors (Lipinski definition) is 1. The van der Waals surface area contributed by atoms with Gasteiger partial charge in [-0.05, 0) is 56.4 Å². The van der Waals surface area contributed by atoms with Crippen LogP contribution in [-0.4, -0.2) is 44.7 Å². The van der Waals surface area contributed by atoms with Crippen molar-refractivity contribution in [2.45, 2.75) is 58.4 Å². The molecule has 0 bridgehead atoms. The van der Waals surface area contributed by atoms with Crippen molar-refractivity contribution in [1.29, 1.82) is 0 Å². The van der Waals surface area contributed by atoms with Gasteiger partial charge in [-0.15, -0.1) is 0 Å². The molecular weight excluding hydrogens is 272 g/mol. The van der Waals surface area contributed by atoms with Crippen molar-refractivity contribution in [3.63, 3.8) is 0 Å². The highest BCUT2D eigenvalue weighted by Crippen LogP contribution is 2.50. The Bertz CT molecular complexity index is 418. The average Bonchev–Trinajstić information content (AvgIpc) is 3.13. The fourth-order valence-electron chi connectivity index (χ4n) is 3.33. The highest BCUT2D eigenvalue weighted by Gasteiger charge is 2.45. The van der Waals surface area contributed by atoms with Gasteiger partial charge in [-0.1, -0.05) is 13.8 Å². The van der Waals surface area contributed by atoms with E-state index in [1.807, 2.05) is 0 Å². The molecule has 4 nitrogen and oxygen atoms in total. The lowest BCUT2D eigenvalue weighted by Gasteiger charge is -2.35. The predicted octanol–water partition coefficient (Wildman–Crippen LogP) is 2.22. The number of hydrogen-bond acceptors (Lipinski definition) is 3. The Morgan fingerprint density at radius 1 is 1.40 bits per heavy atom. The minimum atomic E-state index is -3.02. The van der Waals surface area contributed by atoms with E-state index < -0.39 is 10.0 Å². The maximum absolute atomic E-state index is 11.7. The summed E-state index contributed by atoms with van der Waals surface area (Å²) in [5.41, 5.74) is 0.461. The molecule has 2 atom stereocenters. The van der Waals surface area contributed by atoms with Crippen molar-refractivity contribution in [3.8, 4) is 0 Å². The van der Waals surface area contributed by atoms with Gasteiger partial charge in [0.2, 0.25) is 10.0 Å². The van der Waals surface area contributed by atoms with Gasteiger partial charge in [0.25, 0.3) is 0 Å². The first-order chi connectivity index (χ1) is 9.35. The van der Waals surface area contributed by atoms with E-state index in [2.05, 4.69) is 19.2 Å². The first-order valence-electron chi connectivity index (χ1n) is 8.03. The Kier molecular flexibility index (Phi) is 5.14. The summed E-state index contributed by atoms with van der Waals surface area (Å²) in [7, 11) is -3.02. The summed E-state index contributed by atoms with van der Waals surface area (Å²) in [6, 6.07) is 0.562. The zero-order valence-electron chi connectivity index (χ0n) is 13.2. The molecule has 0 aromatic carbocycles. The fourth-order valence-corrected chi connectivity index (χ4v) is 4.27. The van der Waals surface area contributed by atoms with Crippen LogP contribution in [0, 0.1) is 11.3 Å². The first kappa shape index (κ1) is 16.2. The summed E-state index contributed by atoms with van der Waals surface area (Å²) in [5, 5.41) is 3.70. The lowest BCUT2D eigenvalue weighted by Crippen LogP contribution is -2.44. The molecule has 118 valence electrons. The van der Waals surface area contributed by atoms with Crippen LogP contribution in [0.2, 0.25) is 0 Å². The van der Waals surface area contributed by atoms with Gasteiger partial charge in [0.15, 0.2) is 0 Å². The molecule has 2 aliphatic rings. The lowest BCUT2D eigenvalue weighted by molar-refractivity contribution is 0.211. The summed E-state index contributed by atoms with van der Waals surface area (Å²) >= 11 is 0. The van der Waals surface area contributed by atoms with Gasteiger partial charge in [-0.2, -0.15) is 0 Å². The van der Waals surface area contributed by atoms with Crippen LogP contribution >= 0.6 is 0 Å². The molecular formula is C15H30N2O2S. The predicted molar refractivity (Wildman–Crippen MR) is 83.2 cm³/mol. The van der Waals surface area contributed by atoms with Crippen LogP contribution in [0.5, 0.6) is 0 Å². The van der Waals surface area contributed by atoms with Crippen molar-refractivity contribution in [1.82, 2.24) is 9.62 Å². The second-order valence-corrected chi connectivity index (χ2v) is 9.01. The van der Waals surface area contributed by atoms with Crippen molar-refractivity contribution in [2.24, 2.45) is 11.3 Å². The molecule has 0 radical (unpaired) electrons. The third-order valence-corrected chi connectivity index (χ3v) is 6.31. The topological polar surface area (TPSA) is 49.4 Å². The molecule has 1 N–H and O–H groups in total. The maximum atomic E-state index is 11.7. The van der Waals surface area contributed by atoms with Gasteiger partial charge in [-0.3, -0.25) is 0 Å². The third-order valence-electron chi connectivity index (χ3n) is 5.04. The first-order valence-corrected chi connectivity index (χ1v) is 9.88.